The van der Waals surface area contributed by atoms with Crippen molar-refractivity contribution in [2.45, 2.75) is 20.0 Å². The second kappa shape index (κ2) is 10.6. The first-order chi connectivity index (χ1) is 16.9. The van der Waals surface area contributed by atoms with Gasteiger partial charge in [-0.3, -0.25) is 23.6 Å². The average Bonchev–Trinajstić information content (AvgIpc) is 2.88. The molecule has 0 aliphatic carbocycles. The molecule has 0 spiro atoms. The van der Waals surface area contributed by atoms with Gasteiger partial charge in [-0.25, -0.2) is 4.79 Å². The van der Waals surface area contributed by atoms with Gasteiger partial charge in [0.1, 0.15) is 17.1 Å². The molecule has 9 heteroatoms. The Morgan fingerprint density at radius 3 is 2.20 bits per heavy atom. The quantitative estimate of drug-likeness (QED) is 0.493. The van der Waals surface area contributed by atoms with Gasteiger partial charge in [0.05, 0.1) is 20.2 Å². The molecule has 0 amide bonds. The maximum Gasteiger partial charge on any atom is 0.332 e. The Labute approximate surface area is 204 Å². The lowest BCUT2D eigenvalue weighted by Gasteiger charge is -2.35. The van der Waals surface area contributed by atoms with E-state index in [0.717, 1.165) is 34.7 Å². The van der Waals surface area contributed by atoms with Crippen LogP contribution in [0.5, 0.6) is 5.75 Å². The van der Waals surface area contributed by atoms with E-state index < -0.39 is 11.2 Å². The summed E-state index contributed by atoms with van der Waals surface area (Å²) in [6, 6.07) is 17.2. The highest BCUT2D eigenvalue weighted by Crippen LogP contribution is 2.20. The molecule has 0 unspecified atom stereocenters. The SMILES string of the molecule is CCn1c(=O)c(C(=O)CN2CCN(c3ccc(OC)cc3)CC2)c(N)n(Cc2ccccc2)c1=O. The van der Waals surface area contributed by atoms with Gasteiger partial charge in [-0.05, 0) is 36.8 Å². The molecule has 0 radical (unpaired) electrons. The number of ketones is 1. The molecule has 1 aliphatic heterocycles. The fourth-order valence-corrected chi connectivity index (χ4v) is 4.41. The maximum atomic E-state index is 13.3. The van der Waals surface area contributed by atoms with Crippen molar-refractivity contribution in [1.29, 1.82) is 0 Å². The van der Waals surface area contributed by atoms with Gasteiger partial charge in [0, 0.05) is 38.4 Å². The Hall–Kier alpha value is -3.85. The number of carbonyl (C=O) groups is 1. The molecule has 184 valence electrons. The van der Waals surface area contributed by atoms with Crippen LogP contribution in [0.1, 0.15) is 22.8 Å². The summed E-state index contributed by atoms with van der Waals surface area (Å²) in [4.78, 5) is 43.5. The van der Waals surface area contributed by atoms with Crippen molar-refractivity contribution < 1.29 is 9.53 Å². The molecule has 0 atom stereocenters. The summed E-state index contributed by atoms with van der Waals surface area (Å²) in [5, 5.41) is 0. The van der Waals surface area contributed by atoms with Crippen LogP contribution in [0.25, 0.3) is 0 Å². The van der Waals surface area contributed by atoms with Crippen molar-refractivity contribution in [2.24, 2.45) is 0 Å². The van der Waals surface area contributed by atoms with Crippen LogP contribution >= 0.6 is 0 Å². The number of anilines is 2. The van der Waals surface area contributed by atoms with Gasteiger partial charge in [-0.2, -0.15) is 0 Å². The van der Waals surface area contributed by atoms with Crippen molar-refractivity contribution in [3.63, 3.8) is 0 Å². The van der Waals surface area contributed by atoms with Crippen molar-refractivity contribution >= 4 is 17.3 Å². The highest BCUT2D eigenvalue weighted by atomic mass is 16.5. The molecule has 3 aromatic rings. The molecule has 2 heterocycles. The van der Waals surface area contributed by atoms with Gasteiger partial charge in [0.2, 0.25) is 0 Å². The third kappa shape index (κ3) is 5.14. The number of aromatic nitrogens is 2. The zero-order valence-electron chi connectivity index (χ0n) is 20.1. The van der Waals surface area contributed by atoms with Gasteiger partial charge < -0.3 is 15.4 Å². The van der Waals surface area contributed by atoms with Crippen LogP contribution in [0.15, 0.2) is 64.2 Å². The Morgan fingerprint density at radius 1 is 0.943 bits per heavy atom. The second-order valence-corrected chi connectivity index (χ2v) is 8.55. The molecular weight excluding hydrogens is 446 g/mol. The highest BCUT2D eigenvalue weighted by molar-refractivity contribution is 6.01. The lowest BCUT2D eigenvalue weighted by atomic mass is 10.1. The number of hydrogen-bond acceptors (Lipinski definition) is 7. The van der Waals surface area contributed by atoms with Crippen molar-refractivity contribution in [1.82, 2.24) is 14.0 Å². The van der Waals surface area contributed by atoms with E-state index in [0.29, 0.717) is 13.1 Å². The van der Waals surface area contributed by atoms with Crippen LogP contribution in [0.4, 0.5) is 11.5 Å². The predicted molar refractivity (Wildman–Crippen MR) is 137 cm³/mol. The Morgan fingerprint density at radius 2 is 1.60 bits per heavy atom. The van der Waals surface area contributed by atoms with Gasteiger partial charge in [-0.15, -0.1) is 0 Å². The first-order valence-corrected chi connectivity index (χ1v) is 11.7. The van der Waals surface area contributed by atoms with E-state index in [-0.39, 0.29) is 36.8 Å². The fourth-order valence-electron chi connectivity index (χ4n) is 4.41. The molecule has 0 bridgehead atoms. The molecule has 2 N–H and O–H groups in total. The van der Waals surface area contributed by atoms with E-state index in [1.807, 2.05) is 59.5 Å². The monoisotopic (exact) mass is 477 g/mol. The lowest BCUT2D eigenvalue weighted by Crippen LogP contribution is -2.49. The van der Waals surface area contributed by atoms with Crippen LogP contribution in [-0.2, 0) is 13.1 Å². The Balaban J connectivity index is 1.51. The Kier molecular flexibility index (Phi) is 7.36. The molecular formula is C26H31N5O4. The van der Waals surface area contributed by atoms with Gasteiger partial charge >= 0.3 is 5.69 Å². The minimum atomic E-state index is -0.624. The smallest absolute Gasteiger partial charge is 0.332 e. The van der Waals surface area contributed by atoms with E-state index in [4.69, 9.17) is 10.5 Å². The van der Waals surface area contributed by atoms with E-state index in [9.17, 15) is 14.4 Å². The Bertz CT molecular complexity index is 1290. The number of carbonyl (C=O) groups excluding carboxylic acids is 1. The van der Waals surface area contributed by atoms with Crippen molar-refractivity contribution in [2.75, 3.05) is 50.5 Å². The minimum absolute atomic E-state index is 0.0726. The summed E-state index contributed by atoms with van der Waals surface area (Å²) in [5.41, 5.74) is 6.98. The zero-order chi connectivity index (χ0) is 24.9. The van der Waals surface area contributed by atoms with Gasteiger partial charge in [-0.1, -0.05) is 30.3 Å². The van der Waals surface area contributed by atoms with Gasteiger partial charge in [0.15, 0.2) is 5.78 Å². The predicted octanol–water partition coefficient (Wildman–Crippen LogP) is 1.67. The minimum Gasteiger partial charge on any atom is -0.497 e. The molecule has 1 saturated heterocycles. The molecule has 0 saturated carbocycles. The molecule has 1 aliphatic rings. The number of ether oxygens (including phenoxy) is 1. The second-order valence-electron chi connectivity index (χ2n) is 8.55. The van der Waals surface area contributed by atoms with E-state index in [2.05, 4.69) is 4.90 Å². The normalized spacial score (nSPS) is 14.2. The van der Waals surface area contributed by atoms with Gasteiger partial charge in [0.25, 0.3) is 5.56 Å². The van der Waals surface area contributed by atoms with Crippen LogP contribution in [0.3, 0.4) is 0 Å². The molecule has 35 heavy (non-hydrogen) atoms. The molecule has 2 aromatic carbocycles. The van der Waals surface area contributed by atoms with E-state index >= 15 is 0 Å². The fraction of sp³-hybridized carbons (Fsp3) is 0.346. The number of benzene rings is 2. The van der Waals surface area contributed by atoms with Crippen molar-refractivity contribution in [3.05, 3.63) is 86.6 Å². The third-order valence-corrected chi connectivity index (χ3v) is 6.42. The van der Waals surface area contributed by atoms with Crippen LogP contribution in [0, 0.1) is 0 Å². The maximum absolute atomic E-state index is 13.3. The average molecular weight is 478 g/mol. The number of nitrogens with two attached hydrogens (primary N) is 1. The standard InChI is InChI=1S/C26H31N5O4/c1-3-30-25(33)23(24(27)31(26(30)34)17-19-7-5-4-6-8-19)22(32)18-28-13-15-29(16-14-28)20-9-11-21(35-2)12-10-20/h4-12H,3,13-18,27H2,1-2H3. The first-order valence-electron chi connectivity index (χ1n) is 11.7. The molecule has 4 rings (SSSR count). The summed E-state index contributed by atoms with van der Waals surface area (Å²) in [5.74, 6) is 0.367. The number of rotatable bonds is 8. The highest BCUT2D eigenvalue weighted by Gasteiger charge is 2.26. The molecule has 1 fully saturated rings. The van der Waals surface area contributed by atoms with Crippen LogP contribution < -0.4 is 26.6 Å². The summed E-state index contributed by atoms with van der Waals surface area (Å²) in [7, 11) is 1.64. The zero-order valence-corrected chi connectivity index (χ0v) is 20.1. The number of nitrogen functional groups attached to an aromatic ring is 1. The lowest BCUT2D eigenvalue weighted by molar-refractivity contribution is 0.0924. The molecule has 1 aromatic heterocycles. The number of nitrogens with zero attached hydrogens (tertiary/aromatic N) is 4. The van der Waals surface area contributed by atoms with Crippen molar-refractivity contribution in [3.8, 4) is 5.75 Å². The summed E-state index contributed by atoms with van der Waals surface area (Å²) < 4.78 is 7.61. The molecule has 9 nitrogen and oxygen atoms in total. The number of Topliss-reactive ketones (excluding diaryl/α,β-unsaturated/α-hetero) is 1. The van der Waals surface area contributed by atoms with E-state index in [1.54, 1.807) is 14.0 Å². The van der Waals surface area contributed by atoms with Crippen LogP contribution in [-0.4, -0.2) is 59.7 Å². The number of methoxy groups -OCH3 is 1. The van der Waals surface area contributed by atoms with E-state index in [1.165, 1.54) is 4.57 Å². The topological polar surface area (TPSA) is 103 Å². The largest absolute Gasteiger partial charge is 0.497 e. The van der Waals surface area contributed by atoms with Crippen LogP contribution in [0.2, 0.25) is 0 Å². The summed E-state index contributed by atoms with van der Waals surface area (Å²) >= 11 is 0. The third-order valence-electron chi connectivity index (χ3n) is 6.42. The number of hydrogen-bond donors (Lipinski definition) is 1. The summed E-state index contributed by atoms with van der Waals surface area (Å²) in [6.45, 7) is 4.97. The number of piperazine rings is 1. The summed E-state index contributed by atoms with van der Waals surface area (Å²) in [6.07, 6.45) is 0. The first kappa shape index (κ1) is 24.3.